The molecular formula is C26H26N2O8. The summed E-state index contributed by atoms with van der Waals surface area (Å²) in [5, 5.41) is 19.9. The summed E-state index contributed by atoms with van der Waals surface area (Å²) in [6.07, 6.45) is 6.91. The first-order valence-corrected chi connectivity index (χ1v) is 11.7. The van der Waals surface area contributed by atoms with Crippen LogP contribution in [0.25, 0.3) is 0 Å². The van der Waals surface area contributed by atoms with Crippen LogP contribution in [0.4, 0.5) is 0 Å². The average Bonchev–Trinajstić information content (AvgIpc) is 2.88. The molecule has 1 fully saturated rings. The quantitative estimate of drug-likeness (QED) is 0.369. The van der Waals surface area contributed by atoms with Gasteiger partial charge in [-0.15, -0.1) is 0 Å². The highest BCUT2D eigenvalue weighted by molar-refractivity contribution is 5.89. The Bertz CT molecular complexity index is 1050. The molecule has 2 N–H and O–H groups in total. The van der Waals surface area contributed by atoms with Crippen molar-refractivity contribution in [3.05, 3.63) is 72.3 Å². The zero-order valence-electron chi connectivity index (χ0n) is 19.3. The molecular weight excluding hydrogens is 468 g/mol. The molecule has 0 spiro atoms. The van der Waals surface area contributed by atoms with Gasteiger partial charge in [0, 0.05) is 48.5 Å². The van der Waals surface area contributed by atoms with E-state index in [2.05, 4.69) is 9.97 Å². The standard InChI is InChI=1S/C26H26N2O8/c29-23(30)19-18-8-7-17(21(19)25(33)35-13-9-15-5-1-3-11-27-15)20(24(31)32)22(18)26(34)36-14-10-16-6-2-4-12-28-16/h1-8,11-12,17-22H,9-10,13-14H2,(H,29,30)(H,31,32). The Hall–Kier alpha value is -4.08. The number of carbonyl (C=O) groups is 4. The number of aliphatic carboxylic acids is 2. The van der Waals surface area contributed by atoms with Crippen molar-refractivity contribution in [2.75, 3.05) is 13.2 Å². The molecule has 3 aliphatic carbocycles. The van der Waals surface area contributed by atoms with Crippen LogP contribution < -0.4 is 0 Å². The van der Waals surface area contributed by atoms with E-state index >= 15 is 0 Å². The highest BCUT2D eigenvalue weighted by atomic mass is 16.5. The summed E-state index contributed by atoms with van der Waals surface area (Å²) in [4.78, 5) is 58.8. The fourth-order valence-electron chi connectivity index (χ4n) is 5.18. The minimum absolute atomic E-state index is 0.0312. The minimum atomic E-state index is -1.31. The molecule has 10 nitrogen and oxygen atoms in total. The van der Waals surface area contributed by atoms with Gasteiger partial charge in [0.05, 0.1) is 36.9 Å². The van der Waals surface area contributed by atoms with Crippen molar-refractivity contribution in [1.29, 1.82) is 0 Å². The van der Waals surface area contributed by atoms with Crippen LogP contribution in [-0.4, -0.2) is 57.3 Å². The average molecular weight is 495 g/mol. The van der Waals surface area contributed by atoms with E-state index < -0.39 is 59.4 Å². The fraction of sp³-hybridized carbons (Fsp3) is 0.385. The Kier molecular flexibility index (Phi) is 7.72. The summed E-state index contributed by atoms with van der Waals surface area (Å²) in [6.45, 7) is -0.0625. The number of aromatic nitrogens is 2. The van der Waals surface area contributed by atoms with Crippen molar-refractivity contribution < 1.29 is 38.9 Å². The lowest BCUT2D eigenvalue weighted by Crippen LogP contribution is -2.58. The van der Waals surface area contributed by atoms with Crippen molar-refractivity contribution in [3.63, 3.8) is 0 Å². The number of nitrogens with zero attached hydrogens (tertiary/aromatic N) is 2. The van der Waals surface area contributed by atoms with Gasteiger partial charge in [0.25, 0.3) is 0 Å². The number of pyridine rings is 2. The summed E-state index contributed by atoms with van der Waals surface area (Å²) in [5.74, 6) is -11.3. The van der Waals surface area contributed by atoms with Crippen LogP contribution in [0.1, 0.15) is 11.4 Å². The molecule has 3 aliphatic rings. The van der Waals surface area contributed by atoms with Gasteiger partial charge in [-0.1, -0.05) is 24.3 Å². The smallest absolute Gasteiger partial charge is 0.310 e. The summed E-state index contributed by atoms with van der Waals surface area (Å²) >= 11 is 0. The zero-order valence-corrected chi connectivity index (χ0v) is 19.3. The SMILES string of the molecule is O=C(O)C1C2C=CC(C(C(=O)O)C2C(=O)OCCc2ccccn2)C1C(=O)OCCc1ccccn1. The molecule has 1 saturated carbocycles. The van der Waals surface area contributed by atoms with E-state index in [0.29, 0.717) is 24.2 Å². The monoisotopic (exact) mass is 494 g/mol. The highest BCUT2D eigenvalue weighted by Gasteiger charge is 2.61. The van der Waals surface area contributed by atoms with Gasteiger partial charge in [-0.2, -0.15) is 0 Å². The van der Waals surface area contributed by atoms with E-state index in [4.69, 9.17) is 9.47 Å². The van der Waals surface area contributed by atoms with Gasteiger partial charge in [-0.25, -0.2) is 0 Å². The third-order valence-corrected chi connectivity index (χ3v) is 6.76. The van der Waals surface area contributed by atoms with Crippen molar-refractivity contribution in [1.82, 2.24) is 9.97 Å². The van der Waals surface area contributed by atoms with Crippen LogP contribution in [-0.2, 0) is 41.5 Å². The van der Waals surface area contributed by atoms with Crippen molar-refractivity contribution in [2.24, 2.45) is 35.5 Å². The van der Waals surface area contributed by atoms with Gasteiger partial charge in [-0.05, 0) is 24.3 Å². The van der Waals surface area contributed by atoms with Gasteiger partial charge < -0.3 is 19.7 Å². The molecule has 2 aromatic heterocycles. The molecule has 0 aromatic carbocycles. The third kappa shape index (κ3) is 5.27. The summed E-state index contributed by atoms with van der Waals surface area (Å²) < 4.78 is 10.7. The van der Waals surface area contributed by atoms with Crippen LogP contribution in [0.2, 0.25) is 0 Å². The summed E-state index contributed by atoms with van der Waals surface area (Å²) in [7, 11) is 0. The van der Waals surface area contributed by atoms with Gasteiger partial charge in [-0.3, -0.25) is 29.1 Å². The van der Waals surface area contributed by atoms with Gasteiger partial charge in [0.1, 0.15) is 0 Å². The van der Waals surface area contributed by atoms with Crippen LogP contribution in [0.15, 0.2) is 60.9 Å². The third-order valence-electron chi connectivity index (χ3n) is 6.76. The number of carbonyl (C=O) groups excluding carboxylic acids is 2. The lowest BCUT2D eigenvalue weighted by molar-refractivity contribution is -0.182. The highest BCUT2D eigenvalue weighted by Crippen LogP contribution is 2.52. The van der Waals surface area contributed by atoms with E-state index in [1.807, 2.05) is 0 Å². The molecule has 0 saturated heterocycles. The Morgan fingerprint density at radius 2 is 1.08 bits per heavy atom. The fourth-order valence-corrected chi connectivity index (χ4v) is 5.18. The molecule has 188 valence electrons. The Balaban J connectivity index is 1.48. The van der Waals surface area contributed by atoms with Crippen molar-refractivity contribution in [2.45, 2.75) is 12.8 Å². The molecule has 0 radical (unpaired) electrons. The predicted molar refractivity (Wildman–Crippen MR) is 123 cm³/mol. The van der Waals surface area contributed by atoms with Gasteiger partial charge in [0.15, 0.2) is 0 Å². The van der Waals surface area contributed by atoms with E-state index in [1.54, 1.807) is 48.8 Å². The zero-order chi connectivity index (χ0) is 25.7. The lowest BCUT2D eigenvalue weighted by atomic mass is 9.53. The number of carboxylic acids is 2. The maximum absolute atomic E-state index is 13.0. The molecule has 2 bridgehead atoms. The minimum Gasteiger partial charge on any atom is -0.481 e. The molecule has 36 heavy (non-hydrogen) atoms. The summed E-state index contributed by atoms with van der Waals surface area (Å²) in [5.41, 5.74) is 1.39. The molecule has 0 aliphatic heterocycles. The number of allylic oxidation sites excluding steroid dienone is 2. The van der Waals surface area contributed by atoms with E-state index in [-0.39, 0.29) is 13.2 Å². The topological polar surface area (TPSA) is 153 Å². The first-order chi connectivity index (χ1) is 17.4. The molecule has 10 heteroatoms. The van der Waals surface area contributed by atoms with Gasteiger partial charge >= 0.3 is 23.9 Å². The van der Waals surface area contributed by atoms with E-state index in [0.717, 1.165) is 0 Å². The van der Waals surface area contributed by atoms with E-state index in [1.165, 1.54) is 12.2 Å². The Morgan fingerprint density at radius 1 is 0.667 bits per heavy atom. The number of ether oxygens (including phenoxy) is 2. The van der Waals surface area contributed by atoms with Gasteiger partial charge in [0.2, 0.25) is 0 Å². The molecule has 2 aromatic rings. The number of hydrogen-bond donors (Lipinski definition) is 2. The first-order valence-electron chi connectivity index (χ1n) is 11.7. The van der Waals surface area contributed by atoms with Crippen LogP contribution >= 0.6 is 0 Å². The number of rotatable bonds is 10. The predicted octanol–water partition coefficient (Wildman–Crippen LogP) is 1.80. The van der Waals surface area contributed by atoms with Crippen molar-refractivity contribution >= 4 is 23.9 Å². The second-order valence-electron chi connectivity index (χ2n) is 8.80. The number of hydrogen-bond acceptors (Lipinski definition) is 8. The normalized spacial score (nSPS) is 26.2. The first kappa shape index (κ1) is 25.0. The van der Waals surface area contributed by atoms with Crippen LogP contribution in [0, 0.1) is 35.5 Å². The number of esters is 2. The van der Waals surface area contributed by atoms with Crippen LogP contribution in [0.3, 0.4) is 0 Å². The second-order valence-corrected chi connectivity index (χ2v) is 8.80. The van der Waals surface area contributed by atoms with E-state index in [9.17, 15) is 29.4 Å². The largest absolute Gasteiger partial charge is 0.481 e. The second kappa shape index (κ2) is 11.1. The van der Waals surface area contributed by atoms with Crippen LogP contribution in [0.5, 0.6) is 0 Å². The van der Waals surface area contributed by atoms with Crippen molar-refractivity contribution in [3.8, 4) is 0 Å². The molecule has 6 atom stereocenters. The maximum atomic E-state index is 13.0. The molecule has 0 amide bonds. The molecule has 5 rings (SSSR count). The summed E-state index contributed by atoms with van der Waals surface area (Å²) in [6, 6.07) is 10.6. The number of fused-ring (bicyclic) bond motifs is 2. The lowest BCUT2D eigenvalue weighted by Gasteiger charge is -2.48. The maximum Gasteiger partial charge on any atom is 0.310 e. The molecule has 6 unspecified atom stereocenters. The Morgan fingerprint density at radius 3 is 1.42 bits per heavy atom. The molecule has 2 heterocycles. The number of carboxylic acid groups (broad SMARTS) is 2. The Labute approximate surface area is 207 Å².